The third kappa shape index (κ3) is 4.71. The van der Waals surface area contributed by atoms with Gasteiger partial charge in [-0.3, -0.25) is 0 Å². The fourth-order valence-electron chi connectivity index (χ4n) is 1.14. The third-order valence-corrected chi connectivity index (χ3v) is 1.85. The lowest BCUT2D eigenvalue weighted by Crippen LogP contribution is -2.20. The topological polar surface area (TPSA) is 45.0 Å². The van der Waals surface area contributed by atoms with Crippen molar-refractivity contribution in [2.45, 2.75) is 13.0 Å². The van der Waals surface area contributed by atoms with Gasteiger partial charge in [0, 0.05) is 6.54 Å². The lowest BCUT2D eigenvalue weighted by Gasteiger charge is -2.05. The largest absolute Gasteiger partial charge is 0.479 e. The summed E-state index contributed by atoms with van der Waals surface area (Å²) in [7, 11) is 0. The van der Waals surface area contributed by atoms with E-state index in [2.05, 4.69) is 5.32 Å². The van der Waals surface area contributed by atoms with E-state index in [1.807, 2.05) is 6.07 Å². The zero-order valence-corrected chi connectivity index (χ0v) is 8.62. The van der Waals surface area contributed by atoms with Crippen LogP contribution in [-0.4, -0.2) is 19.6 Å². The van der Waals surface area contributed by atoms with Gasteiger partial charge in [0.2, 0.25) is 0 Å². The maximum Gasteiger partial charge on any atom is 0.250 e. The summed E-state index contributed by atoms with van der Waals surface area (Å²) in [5, 5.41) is 10.9. The van der Waals surface area contributed by atoms with Crippen LogP contribution >= 0.6 is 0 Å². The summed E-state index contributed by atoms with van der Waals surface area (Å²) in [5.41, 5.74) is 0.893. The van der Waals surface area contributed by atoms with Crippen molar-refractivity contribution in [2.75, 3.05) is 13.2 Å². The molecule has 0 fully saturated rings. The molecule has 0 amide bonds. The van der Waals surface area contributed by atoms with Gasteiger partial charge in [-0.1, -0.05) is 12.1 Å². The zero-order chi connectivity index (χ0) is 11.8. The molecule has 0 atom stereocenters. The summed E-state index contributed by atoms with van der Waals surface area (Å²) in [6.07, 6.45) is -2.33. The number of nitriles is 1. The van der Waals surface area contributed by atoms with E-state index in [1.165, 1.54) is 0 Å². The Balaban J connectivity index is 2.36. The molecule has 0 saturated carbocycles. The minimum atomic E-state index is -2.33. The molecule has 1 N–H and O–H groups in total. The van der Waals surface area contributed by atoms with Crippen LogP contribution in [0.1, 0.15) is 5.56 Å². The SMILES string of the molecule is N#CCOc1ccc(CNCC(F)F)cc1. The van der Waals surface area contributed by atoms with Gasteiger partial charge in [0.05, 0.1) is 6.54 Å². The summed E-state index contributed by atoms with van der Waals surface area (Å²) in [6.45, 7) is 0.0819. The molecule has 86 valence electrons. The van der Waals surface area contributed by atoms with Crippen LogP contribution in [0.2, 0.25) is 0 Å². The highest BCUT2D eigenvalue weighted by Gasteiger charge is 2.01. The molecular formula is C11H12F2N2O. The summed E-state index contributed by atoms with van der Waals surface area (Å²) < 4.78 is 28.7. The highest BCUT2D eigenvalue weighted by atomic mass is 19.3. The average Bonchev–Trinajstić information content (AvgIpc) is 2.27. The minimum Gasteiger partial charge on any atom is -0.479 e. The summed E-state index contributed by atoms with van der Waals surface area (Å²) in [5.74, 6) is 0.596. The molecule has 0 aromatic heterocycles. The second-order valence-corrected chi connectivity index (χ2v) is 3.11. The Hall–Kier alpha value is -1.67. The lowest BCUT2D eigenvalue weighted by atomic mass is 10.2. The fraction of sp³-hybridized carbons (Fsp3) is 0.364. The quantitative estimate of drug-likeness (QED) is 0.806. The first-order valence-corrected chi connectivity index (χ1v) is 4.80. The maximum absolute atomic E-state index is 11.8. The predicted octanol–water partition coefficient (Wildman–Crippen LogP) is 1.94. The molecule has 5 heteroatoms. The molecule has 0 radical (unpaired) electrons. The van der Waals surface area contributed by atoms with Gasteiger partial charge in [-0.2, -0.15) is 5.26 Å². The standard InChI is InChI=1S/C11H12F2N2O/c12-11(13)8-15-7-9-1-3-10(4-2-9)16-6-5-14/h1-4,11,15H,6-8H2. The second-order valence-electron chi connectivity index (χ2n) is 3.11. The van der Waals surface area contributed by atoms with Crippen molar-refractivity contribution in [1.29, 1.82) is 5.26 Å². The molecule has 0 spiro atoms. The zero-order valence-electron chi connectivity index (χ0n) is 8.62. The van der Waals surface area contributed by atoms with Crippen LogP contribution in [-0.2, 0) is 6.54 Å². The summed E-state index contributed by atoms with van der Waals surface area (Å²) >= 11 is 0. The molecular weight excluding hydrogens is 214 g/mol. The van der Waals surface area contributed by atoms with E-state index in [0.717, 1.165) is 5.56 Å². The predicted molar refractivity (Wildman–Crippen MR) is 55.3 cm³/mol. The molecule has 0 aliphatic heterocycles. The van der Waals surface area contributed by atoms with Crippen molar-refractivity contribution in [3.05, 3.63) is 29.8 Å². The van der Waals surface area contributed by atoms with Gasteiger partial charge in [0.25, 0.3) is 6.43 Å². The Morgan fingerprint density at radius 1 is 1.31 bits per heavy atom. The number of nitrogens with zero attached hydrogens (tertiary/aromatic N) is 1. The second kappa shape index (κ2) is 6.75. The number of hydrogen-bond acceptors (Lipinski definition) is 3. The molecule has 16 heavy (non-hydrogen) atoms. The molecule has 0 aliphatic carbocycles. The first-order valence-electron chi connectivity index (χ1n) is 4.80. The van der Waals surface area contributed by atoms with E-state index in [9.17, 15) is 8.78 Å². The molecule has 0 saturated heterocycles. The Kier molecular flexibility index (Phi) is 5.23. The monoisotopic (exact) mass is 226 g/mol. The Morgan fingerprint density at radius 3 is 2.56 bits per heavy atom. The molecule has 0 unspecified atom stereocenters. The van der Waals surface area contributed by atoms with Crippen molar-refractivity contribution in [3.63, 3.8) is 0 Å². The molecule has 0 aliphatic rings. The van der Waals surface area contributed by atoms with Crippen molar-refractivity contribution in [2.24, 2.45) is 0 Å². The van der Waals surface area contributed by atoms with Crippen LogP contribution in [0.3, 0.4) is 0 Å². The number of alkyl halides is 2. The van der Waals surface area contributed by atoms with E-state index >= 15 is 0 Å². The first-order chi connectivity index (χ1) is 7.72. The van der Waals surface area contributed by atoms with Gasteiger partial charge < -0.3 is 10.1 Å². The number of ether oxygens (including phenoxy) is 1. The van der Waals surface area contributed by atoms with Gasteiger partial charge in [-0.25, -0.2) is 8.78 Å². The van der Waals surface area contributed by atoms with Crippen molar-refractivity contribution in [3.8, 4) is 11.8 Å². The summed E-state index contributed by atoms with van der Waals surface area (Å²) in [4.78, 5) is 0. The number of rotatable bonds is 6. The lowest BCUT2D eigenvalue weighted by molar-refractivity contribution is 0.145. The van der Waals surface area contributed by atoms with Gasteiger partial charge in [0.1, 0.15) is 11.8 Å². The van der Waals surface area contributed by atoms with Crippen molar-refractivity contribution < 1.29 is 13.5 Å². The van der Waals surface area contributed by atoms with Crippen LogP contribution in [0.15, 0.2) is 24.3 Å². The van der Waals surface area contributed by atoms with Crippen molar-refractivity contribution >= 4 is 0 Å². The van der Waals surface area contributed by atoms with Crippen LogP contribution in [0, 0.1) is 11.3 Å². The number of halogens is 2. The highest BCUT2D eigenvalue weighted by molar-refractivity contribution is 5.27. The third-order valence-electron chi connectivity index (χ3n) is 1.85. The normalized spacial score (nSPS) is 10.1. The molecule has 1 rings (SSSR count). The van der Waals surface area contributed by atoms with E-state index in [4.69, 9.17) is 10.00 Å². The van der Waals surface area contributed by atoms with Gasteiger partial charge in [-0.15, -0.1) is 0 Å². The highest BCUT2D eigenvalue weighted by Crippen LogP contribution is 2.11. The minimum absolute atomic E-state index is 0.00296. The van der Waals surface area contributed by atoms with E-state index in [0.29, 0.717) is 12.3 Å². The van der Waals surface area contributed by atoms with Crippen LogP contribution < -0.4 is 10.1 Å². The number of benzene rings is 1. The Morgan fingerprint density at radius 2 is 2.00 bits per heavy atom. The first kappa shape index (κ1) is 12.4. The van der Waals surface area contributed by atoms with E-state index < -0.39 is 6.43 Å². The Labute approximate surface area is 92.6 Å². The Bertz CT molecular complexity index is 346. The maximum atomic E-state index is 11.8. The van der Waals surface area contributed by atoms with Crippen molar-refractivity contribution in [1.82, 2.24) is 5.32 Å². The van der Waals surface area contributed by atoms with E-state index in [-0.39, 0.29) is 13.2 Å². The van der Waals surface area contributed by atoms with Gasteiger partial charge in [0.15, 0.2) is 6.61 Å². The number of hydrogen-bond donors (Lipinski definition) is 1. The molecule has 0 heterocycles. The van der Waals surface area contributed by atoms with Crippen LogP contribution in [0.5, 0.6) is 5.75 Å². The molecule has 0 bridgehead atoms. The molecule has 1 aromatic rings. The fourth-order valence-corrected chi connectivity index (χ4v) is 1.14. The molecule has 1 aromatic carbocycles. The van der Waals surface area contributed by atoms with Crippen LogP contribution in [0.25, 0.3) is 0 Å². The number of nitrogens with one attached hydrogen (secondary N) is 1. The van der Waals surface area contributed by atoms with Gasteiger partial charge in [-0.05, 0) is 17.7 Å². The van der Waals surface area contributed by atoms with Crippen LogP contribution in [0.4, 0.5) is 8.78 Å². The summed E-state index contributed by atoms with van der Waals surface area (Å²) in [6, 6.07) is 8.81. The average molecular weight is 226 g/mol. The molecule has 3 nitrogen and oxygen atoms in total. The smallest absolute Gasteiger partial charge is 0.250 e. The van der Waals surface area contributed by atoms with E-state index in [1.54, 1.807) is 24.3 Å². The van der Waals surface area contributed by atoms with Gasteiger partial charge >= 0.3 is 0 Å².